The van der Waals surface area contributed by atoms with E-state index < -0.39 is 5.97 Å². The molecule has 110 valence electrons. The molecule has 3 rings (SSSR count). The van der Waals surface area contributed by atoms with Crippen LogP contribution in [0, 0.1) is 5.92 Å². The summed E-state index contributed by atoms with van der Waals surface area (Å²) >= 11 is 12.4. The highest BCUT2D eigenvalue weighted by molar-refractivity contribution is 6.38. The predicted molar refractivity (Wildman–Crippen MR) is 77.3 cm³/mol. The van der Waals surface area contributed by atoms with Crippen LogP contribution >= 0.6 is 23.2 Å². The second-order valence-electron chi connectivity index (χ2n) is 5.05. The van der Waals surface area contributed by atoms with E-state index in [1.54, 1.807) is 22.9 Å². The van der Waals surface area contributed by atoms with Crippen molar-refractivity contribution in [1.82, 2.24) is 20.2 Å². The van der Waals surface area contributed by atoms with Gasteiger partial charge in [0.25, 0.3) is 0 Å². The van der Waals surface area contributed by atoms with E-state index >= 15 is 0 Å². The Kier molecular flexibility index (Phi) is 3.82. The minimum absolute atomic E-state index is 0.0230. The summed E-state index contributed by atoms with van der Waals surface area (Å²) in [7, 11) is 0. The van der Waals surface area contributed by atoms with Crippen LogP contribution in [0.25, 0.3) is 11.4 Å². The minimum Gasteiger partial charge on any atom is -0.481 e. The third-order valence-corrected chi connectivity index (χ3v) is 4.17. The molecule has 21 heavy (non-hydrogen) atoms. The molecular formula is C13H12Cl2N4O2. The number of rotatable bonds is 5. The largest absolute Gasteiger partial charge is 0.481 e. The Bertz CT molecular complexity index is 664. The van der Waals surface area contributed by atoms with Crippen LogP contribution in [0.1, 0.15) is 25.3 Å². The smallest absolute Gasteiger partial charge is 0.305 e. The number of carbonyl (C=O) groups is 1. The molecule has 0 saturated heterocycles. The molecule has 1 aliphatic rings. The van der Waals surface area contributed by atoms with Crippen LogP contribution in [-0.4, -0.2) is 31.3 Å². The van der Waals surface area contributed by atoms with E-state index in [1.807, 2.05) is 0 Å². The molecule has 1 N–H and O–H groups in total. The lowest BCUT2D eigenvalue weighted by atomic mass is 10.1. The average molecular weight is 327 g/mol. The van der Waals surface area contributed by atoms with Crippen molar-refractivity contribution in [3.63, 3.8) is 0 Å². The summed E-state index contributed by atoms with van der Waals surface area (Å²) in [5.41, 5.74) is 0.530. The van der Waals surface area contributed by atoms with E-state index in [1.165, 1.54) is 0 Å². The number of nitrogens with zero attached hydrogens (tertiary/aromatic N) is 4. The molecule has 0 amide bonds. The molecule has 6 nitrogen and oxygen atoms in total. The van der Waals surface area contributed by atoms with Crippen LogP contribution in [0.3, 0.4) is 0 Å². The maximum atomic E-state index is 11.1. The van der Waals surface area contributed by atoms with Gasteiger partial charge in [-0.05, 0) is 41.3 Å². The molecule has 1 aliphatic carbocycles. The highest BCUT2D eigenvalue weighted by atomic mass is 35.5. The molecule has 1 saturated carbocycles. The normalized spacial score (nSPS) is 15.9. The summed E-state index contributed by atoms with van der Waals surface area (Å²) in [6.45, 7) is 0. The number of halogens is 2. The second-order valence-corrected chi connectivity index (χ2v) is 5.86. The Hall–Kier alpha value is -1.66. The molecule has 8 heteroatoms. The number of carboxylic acids is 1. The van der Waals surface area contributed by atoms with Gasteiger partial charge in [-0.3, -0.25) is 4.79 Å². The summed E-state index contributed by atoms with van der Waals surface area (Å²) in [5, 5.41) is 21.6. The minimum atomic E-state index is -0.876. The fourth-order valence-corrected chi connectivity index (χ4v) is 2.97. The lowest BCUT2D eigenvalue weighted by molar-refractivity contribution is -0.138. The lowest BCUT2D eigenvalue weighted by Gasteiger charge is -2.16. The van der Waals surface area contributed by atoms with E-state index in [4.69, 9.17) is 28.3 Å². The Morgan fingerprint density at radius 2 is 2.05 bits per heavy atom. The Morgan fingerprint density at radius 1 is 1.38 bits per heavy atom. The van der Waals surface area contributed by atoms with Gasteiger partial charge < -0.3 is 5.11 Å². The van der Waals surface area contributed by atoms with Gasteiger partial charge in [-0.15, -0.1) is 5.10 Å². The van der Waals surface area contributed by atoms with Crippen molar-refractivity contribution < 1.29 is 9.90 Å². The third kappa shape index (κ3) is 2.87. The summed E-state index contributed by atoms with van der Waals surface area (Å²) < 4.78 is 1.54. The number of tetrazole rings is 1. The van der Waals surface area contributed by atoms with E-state index in [0.717, 1.165) is 12.8 Å². The van der Waals surface area contributed by atoms with Gasteiger partial charge in [0.2, 0.25) is 0 Å². The molecule has 0 radical (unpaired) electrons. The molecule has 0 aliphatic heterocycles. The highest BCUT2D eigenvalue weighted by Gasteiger charge is 2.36. The van der Waals surface area contributed by atoms with Crippen molar-refractivity contribution >= 4 is 29.2 Å². The topological polar surface area (TPSA) is 80.9 Å². The van der Waals surface area contributed by atoms with Crippen LogP contribution in [-0.2, 0) is 4.79 Å². The second kappa shape index (κ2) is 5.61. The number of hydrogen-bond acceptors (Lipinski definition) is 4. The zero-order valence-electron chi connectivity index (χ0n) is 10.9. The molecule has 0 spiro atoms. The molecule has 1 atom stereocenters. The van der Waals surface area contributed by atoms with Crippen molar-refractivity contribution in [2.75, 3.05) is 0 Å². The zero-order valence-corrected chi connectivity index (χ0v) is 12.4. The van der Waals surface area contributed by atoms with Crippen LogP contribution in [0.4, 0.5) is 0 Å². The molecule has 0 bridgehead atoms. The van der Waals surface area contributed by atoms with Gasteiger partial charge in [-0.2, -0.15) is 0 Å². The first-order chi connectivity index (χ1) is 10.1. The van der Waals surface area contributed by atoms with Gasteiger partial charge in [0.05, 0.1) is 28.1 Å². The van der Waals surface area contributed by atoms with Crippen molar-refractivity contribution in [2.24, 2.45) is 5.92 Å². The first kappa shape index (κ1) is 14.3. The number of aliphatic carboxylic acids is 1. The monoisotopic (exact) mass is 326 g/mol. The van der Waals surface area contributed by atoms with Gasteiger partial charge in [-0.25, -0.2) is 4.68 Å². The quantitative estimate of drug-likeness (QED) is 0.913. The van der Waals surface area contributed by atoms with Crippen molar-refractivity contribution in [1.29, 1.82) is 0 Å². The van der Waals surface area contributed by atoms with Crippen molar-refractivity contribution in [2.45, 2.75) is 25.3 Å². The Balaban J connectivity index is 2.06. The maximum absolute atomic E-state index is 11.1. The van der Waals surface area contributed by atoms with Gasteiger partial charge in [0.15, 0.2) is 5.82 Å². The van der Waals surface area contributed by atoms with Gasteiger partial charge >= 0.3 is 5.97 Å². The third-order valence-electron chi connectivity index (χ3n) is 3.54. The molecule has 1 fully saturated rings. The lowest BCUT2D eigenvalue weighted by Crippen LogP contribution is -2.18. The summed E-state index contributed by atoms with van der Waals surface area (Å²) in [4.78, 5) is 11.1. The van der Waals surface area contributed by atoms with Crippen molar-refractivity contribution in [3.05, 3.63) is 28.2 Å². The number of aromatic nitrogens is 4. The van der Waals surface area contributed by atoms with E-state index in [2.05, 4.69) is 15.5 Å². The van der Waals surface area contributed by atoms with Gasteiger partial charge in [0.1, 0.15) is 0 Å². The first-order valence-corrected chi connectivity index (χ1v) is 7.27. The Morgan fingerprint density at radius 3 is 2.62 bits per heavy atom. The maximum Gasteiger partial charge on any atom is 0.305 e. The van der Waals surface area contributed by atoms with Crippen LogP contribution in [0.2, 0.25) is 10.0 Å². The van der Waals surface area contributed by atoms with E-state index in [0.29, 0.717) is 21.4 Å². The van der Waals surface area contributed by atoms with E-state index in [-0.39, 0.29) is 18.4 Å². The van der Waals surface area contributed by atoms with Crippen molar-refractivity contribution in [3.8, 4) is 11.4 Å². The van der Waals surface area contributed by atoms with Gasteiger partial charge in [-0.1, -0.05) is 29.3 Å². The van der Waals surface area contributed by atoms with Crippen LogP contribution in [0.15, 0.2) is 18.2 Å². The number of benzene rings is 1. The molecule has 2 aromatic rings. The fraction of sp³-hybridized carbons (Fsp3) is 0.385. The molecular weight excluding hydrogens is 315 g/mol. The highest BCUT2D eigenvalue weighted by Crippen LogP contribution is 2.43. The number of carboxylic acid groups (broad SMARTS) is 1. The SMILES string of the molecule is O=C(O)CC(C1CC1)n1nnnc1-c1c(Cl)cccc1Cl. The Labute approximate surface area is 130 Å². The molecule has 1 unspecified atom stereocenters. The van der Waals surface area contributed by atoms with Crippen LogP contribution in [0.5, 0.6) is 0 Å². The average Bonchev–Trinajstić information content (AvgIpc) is 3.15. The fourth-order valence-electron chi connectivity index (χ4n) is 2.41. The molecule has 1 heterocycles. The van der Waals surface area contributed by atoms with E-state index in [9.17, 15) is 4.79 Å². The van der Waals surface area contributed by atoms with Crippen LogP contribution < -0.4 is 0 Å². The molecule has 1 aromatic heterocycles. The zero-order chi connectivity index (χ0) is 15.0. The number of hydrogen-bond donors (Lipinski definition) is 1. The predicted octanol–water partition coefficient (Wildman–Crippen LogP) is 3.07. The first-order valence-electron chi connectivity index (χ1n) is 6.52. The standard InChI is InChI=1S/C13H12Cl2N4O2/c14-8-2-1-3-9(15)12(8)13-16-17-18-19(13)10(6-11(20)21)7-4-5-7/h1-3,7,10H,4-6H2,(H,20,21). The summed E-state index contributed by atoms with van der Waals surface area (Å²) in [6, 6.07) is 4.86. The van der Waals surface area contributed by atoms with Gasteiger partial charge in [0, 0.05) is 0 Å². The molecule has 1 aromatic carbocycles. The summed E-state index contributed by atoms with van der Waals surface area (Å²) in [6.07, 6.45) is 1.94. The summed E-state index contributed by atoms with van der Waals surface area (Å²) in [5.74, 6) is -0.188.